The topological polar surface area (TPSA) is 93.3 Å². The largest absolute Gasteiger partial charge is 0.497 e. The third kappa shape index (κ3) is 4.83. The Kier molecular flexibility index (Phi) is 6.80. The van der Waals surface area contributed by atoms with Crippen LogP contribution in [0.25, 0.3) is 11.0 Å². The number of carbonyl (C=O) groups is 2. The van der Waals surface area contributed by atoms with Crippen molar-refractivity contribution in [2.24, 2.45) is 23.7 Å². The molecule has 162 valence electrons. The van der Waals surface area contributed by atoms with E-state index in [9.17, 15) is 9.59 Å². The van der Waals surface area contributed by atoms with E-state index in [1.807, 2.05) is 18.2 Å². The highest BCUT2D eigenvalue weighted by Gasteiger charge is 2.32. The highest BCUT2D eigenvalue weighted by Crippen LogP contribution is 2.38. The number of methoxy groups -OCH3 is 2. The number of amides is 1. The number of esters is 1. The molecule has 7 heteroatoms. The number of carbonyl (C=O) groups excluding carboxylic acids is 2. The van der Waals surface area contributed by atoms with E-state index in [1.54, 1.807) is 7.11 Å². The van der Waals surface area contributed by atoms with Crippen LogP contribution in [-0.2, 0) is 20.7 Å². The zero-order valence-electron chi connectivity index (χ0n) is 18.3. The molecule has 0 aliphatic heterocycles. The van der Waals surface area contributed by atoms with Crippen LogP contribution in [0.3, 0.4) is 0 Å². The summed E-state index contributed by atoms with van der Waals surface area (Å²) in [4.78, 5) is 31.3. The smallest absolute Gasteiger partial charge is 0.396 e. The van der Waals surface area contributed by atoms with Crippen molar-refractivity contribution in [3.63, 3.8) is 0 Å². The minimum absolute atomic E-state index is 0.190. The molecule has 0 saturated heterocycles. The molecule has 3 unspecified atom stereocenters. The van der Waals surface area contributed by atoms with Crippen LogP contribution in [0.2, 0.25) is 0 Å². The maximum absolute atomic E-state index is 11.8. The number of nitrogens with zero attached hydrogens (tertiary/aromatic N) is 1. The van der Waals surface area contributed by atoms with Gasteiger partial charge in [-0.3, -0.25) is 4.79 Å². The number of ether oxygens (including phenoxy) is 2. The highest BCUT2D eigenvalue weighted by atomic mass is 16.5. The lowest BCUT2D eigenvalue weighted by molar-refractivity contribution is -0.152. The first kappa shape index (κ1) is 21.9. The second-order valence-corrected chi connectivity index (χ2v) is 8.39. The van der Waals surface area contributed by atoms with Crippen LogP contribution in [-0.4, -0.2) is 42.6 Å². The summed E-state index contributed by atoms with van der Waals surface area (Å²) < 4.78 is 9.78. The third-order valence-corrected chi connectivity index (χ3v) is 6.13. The van der Waals surface area contributed by atoms with Crippen molar-refractivity contribution in [1.29, 1.82) is 0 Å². The van der Waals surface area contributed by atoms with Crippen molar-refractivity contribution in [2.75, 3.05) is 20.8 Å². The van der Waals surface area contributed by atoms with Crippen molar-refractivity contribution >= 4 is 22.9 Å². The molecule has 2 N–H and O–H groups in total. The summed E-state index contributed by atoms with van der Waals surface area (Å²) in [6.07, 6.45) is 4.10. The minimum Gasteiger partial charge on any atom is -0.497 e. The van der Waals surface area contributed by atoms with Gasteiger partial charge in [0.2, 0.25) is 0 Å². The first-order valence-electron chi connectivity index (χ1n) is 10.4. The number of rotatable bonds is 6. The van der Waals surface area contributed by atoms with Crippen LogP contribution < -0.4 is 10.1 Å². The van der Waals surface area contributed by atoms with E-state index in [0.29, 0.717) is 24.3 Å². The van der Waals surface area contributed by atoms with E-state index in [0.717, 1.165) is 35.4 Å². The molecular weight excluding hydrogens is 382 g/mol. The Hall–Kier alpha value is -2.83. The number of aromatic nitrogens is 2. The number of imidazole rings is 1. The summed E-state index contributed by atoms with van der Waals surface area (Å²) in [5.41, 5.74) is 3.21. The SMILES string of the molecule is COC(=O)C(=O)NCC1C=C(C)C(Cc2nc3ccc(OC)cc3[nH]2)CC1C(C)C. The maximum Gasteiger partial charge on any atom is 0.396 e. The number of fused-ring (bicyclic) bond motifs is 1. The molecule has 1 aliphatic carbocycles. The molecule has 3 atom stereocenters. The molecule has 1 amide bonds. The van der Waals surface area contributed by atoms with Crippen molar-refractivity contribution in [3.05, 3.63) is 35.7 Å². The molecule has 7 nitrogen and oxygen atoms in total. The fraction of sp³-hybridized carbons (Fsp3) is 0.522. The lowest BCUT2D eigenvalue weighted by Gasteiger charge is -2.37. The van der Waals surface area contributed by atoms with Gasteiger partial charge in [0.15, 0.2) is 0 Å². The summed E-state index contributed by atoms with van der Waals surface area (Å²) in [5.74, 6) is 1.66. The zero-order valence-corrected chi connectivity index (χ0v) is 18.3. The molecule has 0 radical (unpaired) electrons. The number of hydrogen-bond acceptors (Lipinski definition) is 5. The Labute approximate surface area is 177 Å². The number of hydrogen-bond donors (Lipinski definition) is 2. The van der Waals surface area contributed by atoms with Gasteiger partial charge < -0.3 is 19.8 Å². The maximum atomic E-state index is 11.8. The second-order valence-electron chi connectivity index (χ2n) is 8.39. The number of H-pyrrole nitrogens is 1. The Balaban J connectivity index is 1.73. The highest BCUT2D eigenvalue weighted by molar-refractivity contribution is 6.32. The molecular formula is C23H31N3O4. The molecule has 3 rings (SSSR count). The van der Waals surface area contributed by atoms with Gasteiger partial charge in [-0.15, -0.1) is 0 Å². The second kappa shape index (κ2) is 9.32. The number of nitrogens with one attached hydrogen (secondary N) is 2. The molecule has 0 saturated carbocycles. The average molecular weight is 414 g/mol. The summed E-state index contributed by atoms with van der Waals surface area (Å²) in [6.45, 7) is 6.99. The monoisotopic (exact) mass is 413 g/mol. The number of benzene rings is 1. The van der Waals surface area contributed by atoms with E-state index in [4.69, 9.17) is 9.72 Å². The molecule has 0 bridgehead atoms. The minimum atomic E-state index is -0.855. The third-order valence-electron chi connectivity index (χ3n) is 6.13. The van der Waals surface area contributed by atoms with E-state index in [1.165, 1.54) is 12.7 Å². The molecule has 30 heavy (non-hydrogen) atoms. The van der Waals surface area contributed by atoms with E-state index in [-0.39, 0.29) is 5.92 Å². The van der Waals surface area contributed by atoms with E-state index < -0.39 is 11.9 Å². The van der Waals surface area contributed by atoms with Gasteiger partial charge in [0.1, 0.15) is 11.6 Å². The van der Waals surface area contributed by atoms with Gasteiger partial charge in [-0.2, -0.15) is 0 Å². The van der Waals surface area contributed by atoms with Gasteiger partial charge in [0.05, 0.1) is 25.3 Å². The van der Waals surface area contributed by atoms with Crippen LogP contribution >= 0.6 is 0 Å². The standard InChI is InChI=1S/C23H31N3O4/c1-13(2)18-9-15(14(3)8-16(18)12-24-22(27)23(28)30-5)10-21-25-19-7-6-17(29-4)11-20(19)26-21/h6-8,11,13,15-16,18H,9-10,12H2,1-5H3,(H,24,27)(H,25,26). The van der Waals surface area contributed by atoms with E-state index in [2.05, 4.69) is 41.9 Å². The predicted molar refractivity (Wildman–Crippen MR) is 115 cm³/mol. The van der Waals surface area contributed by atoms with Gasteiger partial charge >= 0.3 is 11.9 Å². The summed E-state index contributed by atoms with van der Waals surface area (Å²) in [6, 6.07) is 5.85. The summed E-state index contributed by atoms with van der Waals surface area (Å²) in [5, 5.41) is 2.71. The average Bonchev–Trinajstić information content (AvgIpc) is 3.13. The van der Waals surface area contributed by atoms with Gasteiger partial charge in [0.25, 0.3) is 0 Å². The molecule has 1 aliphatic rings. The fourth-order valence-corrected chi connectivity index (χ4v) is 4.38. The lowest BCUT2D eigenvalue weighted by atomic mass is 9.70. The Morgan fingerprint density at radius 1 is 1.30 bits per heavy atom. The molecule has 0 fully saturated rings. The van der Waals surface area contributed by atoms with Crippen molar-refractivity contribution < 1.29 is 19.1 Å². The van der Waals surface area contributed by atoms with Gasteiger partial charge in [0, 0.05) is 19.0 Å². The summed E-state index contributed by atoms with van der Waals surface area (Å²) in [7, 11) is 2.87. The van der Waals surface area contributed by atoms with Crippen LogP contribution in [0.5, 0.6) is 5.75 Å². The van der Waals surface area contributed by atoms with Crippen LogP contribution in [0.15, 0.2) is 29.8 Å². The first-order chi connectivity index (χ1) is 14.3. The van der Waals surface area contributed by atoms with Crippen LogP contribution in [0.1, 0.15) is 33.0 Å². The molecule has 1 aromatic carbocycles. The summed E-state index contributed by atoms with van der Waals surface area (Å²) >= 11 is 0. The van der Waals surface area contributed by atoms with Crippen molar-refractivity contribution in [3.8, 4) is 5.75 Å². The van der Waals surface area contributed by atoms with Gasteiger partial charge in [-0.05, 0) is 49.1 Å². The molecule has 1 aromatic heterocycles. The van der Waals surface area contributed by atoms with E-state index >= 15 is 0 Å². The molecule has 2 aromatic rings. The fourth-order valence-electron chi connectivity index (χ4n) is 4.38. The Bertz CT molecular complexity index is 947. The zero-order chi connectivity index (χ0) is 21.8. The first-order valence-corrected chi connectivity index (χ1v) is 10.4. The Morgan fingerprint density at radius 3 is 2.73 bits per heavy atom. The normalized spacial score (nSPS) is 21.4. The number of aromatic amines is 1. The van der Waals surface area contributed by atoms with Crippen molar-refractivity contribution in [1.82, 2.24) is 15.3 Å². The van der Waals surface area contributed by atoms with Gasteiger partial charge in [-0.1, -0.05) is 25.5 Å². The molecule has 0 spiro atoms. The number of allylic oxidation sites excluding steroid dienone is 1. The quantitative estimate of drug-likeness (QED) is 0.431. The molecule has 1 heterocycles. The van der Waals surface area contributed by atoms with Crippen molar-refractivity contribution in [2.45, 2.75) is 33.6 Å². The Morgan fingerprint density at radius 2 is 2.07 bits per heavy atom. The van der Waals surface area contributed by atoms with Crippen LogP contribution in [0, 0.1) is 23.7 Å². The lowest BCUT2D eigenvalue weighted by Crippen LogP contribution is -2.39. The van der Waals surface area contributed by atoms with Gasteiger partial charge in [-0.25, -0.2) is 9.78 Å². The van der Waals surface area contributed by atoms with Crippen LogP contribution in [0.4, 0.5) is 0 Å². The predicted octanol–water partition coefficient (Wildman–Crippen LogP) is 3.26.